The highest BCUT2D eigenvalue weighted by Gasteiger charge is 2.23. The Morgan fingerprint density at radius 3 is 2.67 bits per heavy atom. The van der Waals surface area contributed by atoms with Crippen LogP contribution in [-0.4, -0.2) is 41.5 Å². The number of nitrogens with zero attached hydrogens (tertiary/aromatic N) is 2. The Hall–Kier alpha value is -1.42. The van der Waals surface area contributed by atoms with E-state index in [0.717, 1.165) is 38.0 Å². The van der Waals surface area contributed by atoms with Crippen molar-refractivity contribution in [2.75, 3.05) is 19.6 Å². The Bertz CT molecular complexity index is 374. The molecule has 1 aromatic heterocycles. The zero-order valence-corrected chi connectivity index (χ0v) is 10.9. The van der Waals surface area contributed by atoms with Gasteiger partial charge < -0.3 is 10.2 Å². The van der Waals surface area contributed by atoms with Gasteiger partial charge in [0.05, 0.1) is 6.42 Å². The summed E-state index contributed by atoms with van der Waals surface area (Å²) in [5.41, 5.74) is 1.04. The van der Waals surface area contributed by atoms with E-state index in [1.807, 2.05) is 17.0 Å². The smallest absolute Gasteiger partial charge is 0.227 e. The number of hydrogen-bond acceptors (Lipinski definition) is 3. The fourth-order valence-electron chi connectivity index (χ4n) is 2.53. The van der Waals surface area contributed by atoms with Crippen LogP contribution in [0.4, 0.5) is 0 Å². The van der Waals surface area contributed by atoms with Gasteiger partial charge in [-0.15, -0.1) is 0 Å². The number of carbonyl (C=O) groups excluding carboxylic acids is 1. The Labute approximate surface area is 108 Å². The maximum absolute atomic E-state index is 12.3. The molecule has 0 spiro atoms. The molecule has 2 heterocycles. The molecule has 1 saturated heterocycles. The van der Waals surface area contributed by atoms with E-state index >= 15 is 0 Å². The van der Waals surface area contributed by atoms with E-state index in [0.29, 0.717) is 12.5 Å². The summed E-state index contributed by atoms with van der Waals surface area (Å²) in [6.45, 7) is 4.90. The van der Waals surface area contributed by atoms with Crippen molar-refractivity contribution in [1.29, 1.82) is 0 Å². The number of rotatable bonds is 4. The number of amides is 1. The van der Waals surface area contributed by atoms with E-state index in [1.54, 1.807) is 12.4 Å². The number of hydrogen-bond donors (Lipinski definition) is 1. The standard InChI is InChI=1S/C14H21N3O/c1-2-17(13-5-9-16-10-6-13)14(18)11-12-3-7-15-8-4-12/h3-4,7-8,13,16H,2,5-6,9-11H2,1H3. The molecule has 1 aliphatic heterocycles. The van der Waals surface area contributed by atoms with Crippen molar-refractivity contribution in [2.45, 2.75) is 32.2 Å². The molecule has 2 rings (SSSR count). The van der Waals surface area contributed by atoms with Gasteiger partial charge in [-0.05, 0) is 50.6 Å². The van der Waals surface area contributed by atoms with Crippen molar-refractivity contribution < 1.29 is 4.79 Å². The molecule has 0 aromatic carbocycles. The molecule has 1 N–H and O–H groups in total. The van der Waals surface area contributed by atoms with Crippen LogP contribution in [0.2, 0.25) is 0 Å². The first-order valence-corrected chi connectivity index (χ1v) is 6.70. The van der Waals surface area contributed by atoms with Gasteiger partial charge in [0.1, 0.15) is 0 Å². The third-order valence-corrected chi connectivity index (χ3v) is 3.52. The maximum Gasteiger partial charge on any atom is 0.227 e. The minimum absolute atomic E-state index is 0.232. The first-order chi connectivity index (χ1) is 8.81. The number of carbonyl (C=O) groups is 1. The first kappa shape index (κ1) is 13.0. The van der Waals surface area contributed by atoms with Gasteiger partial charge in [-0.3, -0.25) is 9.78 Å². The van der Waals surface area contributed by atoms with E-state index in [4.69, 9.17) is 0 Å². The Kier molecular flexibility index (Phi) is 4.70. The van der Waals surface area contributed by atoms with Crippen molar-refractivity contribution in [2.24, 2.45) is 0 Å². The molecular formula is C14H21N3O. The van der Waals surface area contributed by atoms with E-state index in [-0.39, 0.29) is 5.91 Å². The highest BCUT2D eigenvalue weighted by atomic mass is 16.2. The van der Waals surface area contributed by atoms with Gasteiger partial charge in [-0.25, -0.2) is 0 Å². The topological polar surface area (TPSA) is 45.2 Å². The lowest BCUT2D eigenvalue weighted by Gasteiger charge is -2.34. The number of piperidine rings is 1. The molecule has 0 saturated carbocycles. The average Bonchev–Trinajstić information content (AvgIpc) is 2.42. The minimum Gasteiger partial charge on any atom is -0.340 e. The molecule has 98 valence electrons. The highest BCUT2D eigenvalue weighted by molar-refractivity contribution is 5.79. The van der Waals surface area contributed by atoms with Gasteiger partial charge in [0.2, 0.25) is 5.91 Å². The third kappa shape index (κ3) is 3.29. The fourth-order valence-corrected chi connectivity index (χ4v) is 2.53. The largest absolute Gasteiger partial charge is 0.340 e. The lowest BCUT2D eigenvalue weighted by Crippen LogP contribution is -2.46. The quantitative estimate of drug-likeness (QED) is 0.870. The fraction of sp³-hybridized carbons (Fsp3) is 0.571. The molecule has 1 aliphatic rings. The van der Waals surface area contributed by atoms with E-state index in [1.165, 1.54) is 0 Å². The number of likely N-dealkylation sites (N-methyl/N-ethyl adjacent to an activating group) is 1. The molecule has 1 fully saturated rings. The van der Waals surface area contributed by atoms with Crippen LogP contribution in [0.1, 0.15) is 25.3 Å². The summed E-state index contributed by atoms with van der Waals surface area (Å²) < 4.78 is 0. The number of pyridine rings is 1. The molecule has 18 heavy (non-hydrogen) atoms. The van der Waals surface area contributed by atoms with Crippen LogP contribution in [0, 0.1) is 0 Å². The van der Waals surface area contributed by atoms with Gasteiger partial charge in [-0.1, -0.05) is 0 Å². The third-order valence-electron chi connectivity index (χ3n) is 3.52. The summed E-state index contributed by atoms with van der Waals surface area (Å²) >= 11 is 0. The van der Waals surface area contributed by atoms with E-state index in [2.05, 4.69) is 17.2 Å². The SMILES string of the molecule is CCN(C(=O)Cc1ccncc1)C1CCNCC1. The summed E-state index contributed by atoms with van der Waals surface area (Å²) in [5.74, 6) is 0.232. The van der Waals surface area contributed by atoms with Crippen molar-refractivity contribution in [3.63, 3.8) is 0 Å². The zero-order chi connectivity index (χ0) is 12.8. The number of nitrogens with one attached hydrogen (secondary N) is 1. The summed E-state index contributed by atoms with van der Waals surface area (Å²) in [4.78, 5) is 18.3. The normalized spacial score (nSPS) is 16.5. The molecule has 4 nitrogen and oxygen atoms in total. The van der Waals surface area contributed by atoms with E-state index in [9.17, 15) is 4.79 Å². The van der Waals surface area contributed by atoms with Gasteiger partial charge in [0, 0.05) is 25.0 Å². The molecule has 0 bridgehead atoms. The predicted octanol–water partition coefficient (Wildman–Crippen LogP) is 1.22. The highest BCUT2D eigenvalue weighted by Crippen LogP contribution is 2.13. The number of aromatic nitrogens is 1. The molecule has 0 radical (unpaired) electrons. The molecule has 4 heteroatoms. The first-order valence-electron chi connectivity index (χ1n) is 6.70. The van der Waals surface area contributed by atoms with Crippen LogP contribution in [0.3, 0.4) is 0 Å². The van der Waals surface area contributed by atoms with Gasteiger partial charge >= 0.3 is 0 Å². The van der Waals surface area contributed by atoms with Crippen LogP contribution in [0.25, 0.3) is 0 Å². The van der Waals surface area contributed by atoms with Gasteiger partial charge in [0.15, 0.2) is 0 Å². The van der Waals surface area contributed by atoms with Crippen LogP contribution >= 0.6 is 0 Å². The minimum atomic E-state index is 0.232. The molecule has 0 unspecified atom stereocenters. The van der Waals surface area contributed by atoms with Gasteiger partial charge in [-0.2, -0.15) is 0 Å². The second-order valence-electron chi connectivity index (χ2n) is 4.69. The monoisotopic (exact) mass is 247 g/mol. The average molecular weight is 247 g/mol. The van der Waals surface area contributed by atoms with Crippen molar-refractivity contribution in [1.82, 2.24) is 15.2 Å². The second kappa shape index (κ2) is 6.50. The molecule has 0 atom stereocenters. The van der Waals surface area contributed by atoms with Crippen LogP contribution in [-0.2, 0) is 11.2 Å². The summed E-state index contributed by atoms with van der Waals surface area (Å²) in [7, 11) is 0. The Morgan fingerprint density at radius 2 is 2.06 bits per heavy atom. The Morgan fingerprint density at radius 1 is 1.39 bits per heavy atom. The van der Waals surface area contributed by atoms with Crippen LogP contribution in [0.15, 0.2) is 24.5 Å². The van der Waals surface area contributed by atoms with Gasteiger partial charge in [0.25, 0.3) is 0 Å². The molecule has 1 aromatic rings. The summed E-state index contributed by atoms with van der Waals surface area (Å²) in [5, 5.41) is 3.34. The van der Waals surface area contributed by atoms with Crippen molar-refractivity contribution in [3.05, 3.63) is 30.1 Å². The maximum atomic E-state index is 12.3. The lowest BCUT2D eigenvalue weighted by molar-refractivity contribution is -0.133. The predicted molar refractivity (Wildman–Crippen MR) is 71.2 cm³/mol. The second-order valence-corrected chi connectivity index (χ2v) is 4.69. The van der Waals surface area contributed by atoms with Crippen molar-refractivity contribution in [3.8, 4) is 0 Å². The van der Waals surface area contributed by atoms with Crippen LogP contribution < -0.4 is 5.32 Å². The Balaban J connectivity index is 1.96. The van der Waals surface area contributed by atoms with Crippen molar-refractivity contribution >= 4 is 5.91 Å². The molecule has 0 aliphatic carbocycles. The molecular weight excluding hydrogens is 226 g/mol. The van der Waals surface area contributed by atoms with Crippen LogP contribution in [0.5, 0.6) is 0 Å². The lowest BCUT2D eigenvalue weighted by atomic mass is 10.0. The zero-order valence-electron chi connectivity index (χ0n) is 10.9. The molecule has 1 amide bonds. The summed E-state index contributed by atoms with van der Waals surface area (Å²) in [6, 6.07) is 4.23. The van der Waals surface area contributed by atoms with E-state index < -0.39 is 0 Å². The summed E-state index contributed by atoms with van der Waals surface area (Å²) in [6.07, 6.45) is 6.10.